The lowest BCUT2D eigenvalue weighted by molar-refractivity contribution is -0.112. The van der Waals surface area contributed by atoms with Gasteiger partial charge in [0.05, 0.1) is 6.10 Å². The van der Waals surface area contributed by atoms with Crippen LogP contribution in [-0.2, 0) is 0 Å². The molecule has 0 radical (unpaired) electrons. The summed E-state index contributed by atoms with van der Waals surface area (Å²) >= 11 is 0. The number of fused-ring (bicyclic) bond motifs is 5. The number of hydrogen-bond acceptors (Lipinski definition) is 2. The summed E-state index contributed by atoms with van der Waals surface area (Å²) in [7, 11) is 1.98. The maximum atomic E-state index is 10.5. The highest BCUT2D eigenvalue weighted by Gasteiger charge is 2.59. The van der Waals surface area contributed by atoms with E-state index in [1.165, 1.54) is 57.1 Å². The van der Waals surface area contributed by atoms with E-state index in [-0.39, 0.29) is 11.5 Å². The molecule has 0 aromatic heterocycles. The van der Waals surface area contributed by atoms with Gasteiger partial charge in [0.25, 0.3) is 0 Å². The van der Waals surface area contributed by atoms with Gasteiger partial charge < -0.3 is 5.11 Å². The van der Waals surface area contributed by atoms with Crippen LogP contribution in [0.3, 0.4) is 0 Å². The lowest BCUT2D eigenvalue weighted by atomic mass is 9.45. The lowest BCUT2D eigenvalue weighted by Gasteiger charge is -2.60. The summed E-state index contributed by atoms with van der Waals surface area (Å²) in [5, 5.41) is 10.5. The van der Waals surface area contributed by atoms with Gasteiger partial charge in [-0.2, -0.15) is 0 Å². The largest absolute Gasteiger partial charge is 0.393 e. The molecule has 7 atom stereocenters. The predicted molar refractivity (Wildman–Crippen MR) is 91.1 cm³/mol. The summed E-state index contributed by atoms with van der Waals surface area (Å²) in [6.45, 7) is 5.00. The molecule has 0 aromatic rings. The van der Waals surface area contributed by atoms with E-state index in [2.05, 4.69) is 18.8 Å². The van der Waals surface area contributed by atoms with Crippen LogP contribution in [0.1, 0.15) is 71.6 Å². The van der Waals surface area contributed by atoms with Gasteiger partial charge in [-0.3, -0.25) is 4.99 Å². The summed E-state index contributed by atoms with van der Waals surface area (Å²) < 4.78 is 0. The maximum absolute atomic E-state index is 10.5. The fourth-order valence-electron chi connectivity index (χ4n) is 7.24. The molecule has 0 aromatic carbocycles. The average molecular weight is 303 g/mol. The number of nitrogens with zero attached hydrogens (tertiary/aromatic N) is 1. The molecule has 0 heterocycles. The minimum absolute atomic E-state index is 0.0332. The van der Waals surface area contributed by atoms with E-state index < -0.39 is 0 Å². The molecule has 0 bridgehead atoms. The zero-order valence-corrected chi connectivity index (χ0v) is 14.6. The van der Waals surface area contributed by atoms with Gasteiger partial charge in [-0.05, 0) is 92.3 Å². The van der Waals surface area contributed by atoms with Crippen LogP contribution in [0, 0.1) is 34.5 Å². The number of aliphatic imine (C=N–C) groups is 1. The first-order valence-corrected chi connectivity index (χ1v) is 9.61. The van der Waals surface area contributed by atoms with Crippen molar-refractivity contribution >= 4 is 5.71 Å². The molecule has 0 amide bonds. The molecule has 22 heavy (non-hydrogen) atoms. The molecule has 4 aliphatic carbocycles. The molecular weight excluding hydrogens is 270 g/mol. The molecular formula is C20H33NO. The van der Waals surface area contributed by atoms with Crippen molar-refractivity contribution in [2.45, 2.75) is 77.7 Å². The summed E-state index contributed by atoms with van der Waals surface area (Å²) in [4.78, 5) is 4.53. The third kappa shape index (κ3) is 1.92. The molecule has 2 nitrogen and oxygen atoms in total. The molecule has 4 rings (SSSR count). The van der Waals surface area contributed by atoms with E-state index in [1.807, 2.05) is 7.05 Å². The number of aliphatic hydroxyl groups excluding tert-OH is 1. The second-order valence-corrected chi connectivity index (χ2v) is 9.29. The molecule has 4 aliphatic rings. The van der Waals surface area contributed by atoms with Crippen LogP contribution in [0.15, 0.2) is 4.99 Å². The standard InChI is InChI=1S/C20H33NO/c1-19-10-8-14(21-3)12-13(19)4-5-15-16-6-7-18(22)20(16,2)11-9-17(15)19/h13,15-18,22H,4-12H2,1-3H3/t13?,15?,16?,17?,18-,19+,20+/m1/s1. The second-order valence-electron chi connectivity index (χ2n) is 9.29. The molecule has 0 saturated heterocycles. The van der Waals surface area contributed by atoms with Gasteiger partial charge in [0, 0.05) is 12.8 Å². The Morgan fingerprint density at radius 1 is 0.955 bits per heavy atom. The van der Waals surface area contributed by atoms with E-state index in [0.717, 1.165) is 30.1 Å². The SMILES string of the molecule is CN=C1CC[C@@]2(C)C(CCC3C2CC[C@@]2(C)C3CC[C@H]2O)C1. The second kappa shape index (κ2) is 5.06. The van der Waals surface area contributed by atoms with Gasteiger partial charge in [0.1, 0.15) is 0 Å². The molecule has 4 saturated carbocycles. The minimum atomic E-state index is -0.0332. The Morgan fingerprint density at radius 2 is 1.73 bits per heavy atom. The van der Waals surface area contributed by atoms with Crippen LogP contribution in [-0.4, -0.2) is 24.0 Å². The van der Waals surface area contributed by atoms with Crippen molar-refractivity contribution in [2.24, 2.45) is 39.5 Å². The Bertz CT molecular complexity index is 486. The fourth-order valence-corrected chi connectivity index (χ4v) is 7.24. The minimum Gasteiger partial charge on any atom is -0.393 e. The van der Waals surface area contributed by atoms with Gasteiger partial charge in [0.2, 0.25) is 0 Å². The predicted octanol–water partition coefficient (Wildman–Crippen LogP) is 4.46. The van der Waals surface area contributed by atoms with E-state index in [0.29, 0.717) is 5.41 Å². The average Bonchev–Trinajstić information content (AvgIpc) is 2.82. The third-order valence-corrected chi connectivity index (χ3v) is 8.77. The molecule has 0 aliphatic heterocycles. The number of aliphatic hydroxyl groups is 1. The van der Waals surface area contributed by atoms with Crippen molar-refractivity contribution in [3.63, 3.8) is 0 Å². The molecule has 2 heteroatoms. The van der Waals surface area contributed by atoms with Crippen molar-refractivity contribution in [1.82, 2.24) is 0 Å². The molecule has 124 valence electrons. The summed E-state index contributed by atoms with van der Waals surface area (Å²) in [5.41, 5.74) is 2.25. The van der Waals surface area contributed by atoms with E-state index >= 15 is 0 Å². The van der Waals surface area contributed by atoms with Gasteiger partial charge in [-0.25, -0.2) is 0 Å². The number of hydrogen-bond donors (Lipinski definition) is 1. The van der Waals surface area contributed by atoms with E-state index in [4.69, 9.17) is 0 Å². The van der Waals surface area contributed by atoms with Crippen LogP contribution in [0.5, 0.6) is 0 Å². The Balaban J connectivity index is 1.62. The first kappa shape index (κ1) is 15.2. The quantitative estimate of drug-likeness (QED) is 0.704. The summed E-state index contributed by atoms with van der Waals surface area (Å²) in [6.07, 6.45) is 11.6. The fraction of sp³-hybridized carbons (Fsp3) is 0.950. The summed E-state index contributed by atoms with van der Waals surface area (Å²) in [6, 6.07) is 0. The maximum Gasteiger partial charge on any atom is 0.0596 e. The Kier molecular flexibility index (Phi) is 3.49. The van der Waals surface area contributed by atoms with Gasteiger partial charge in [0.15, 0.2) is 0 Å². The zero-order chi connectivity index (χ0) is 15.5. The molecule has 1 N–H and O–H groups in total. The molecule has 0 spiro atoms. The highest BCUT2D eigenvalue weighted by Crippen LogP contribution is 2.65. The molecule has 4 unspecified atom stereocenters. The van der Waals surface area contributed by atoms with Crippen LogP contribution in [0.25, 0.3) is 0 Å². The van der Waals surface area contributed by atoms with E-state index in [1.54, 1.807) is 0 Å². The van der Waals surface area contributed by atoms with E-state index in [9.17, 15) is 5.11 Å². The smallest absolute Gasteiger partial charge is 0.0596 e. The first-order valence-electron chi connectivity index (χ1n) is 9.61. The number of rotatable bonds is 0. The van der Waals surface area contributed by atoms with Crippen LogP contribution in [0.4, 0.5) is 0 Å². The normalized spacial score (nSPS) is 56.4. The van der Waals surface area contributed by atoms with Crippen molar-refractivity contribution in [3.05, 3.63) is 0 Å². The monoisotopic (exact) mass is 303 g/mol. The van der Waals surface area contributed by atoms with Crippen LogP contribution < -0.4 is 0 Å². The van der Waals surface area contributed by atoms with Crippen molar-refractivity contribution in [2.75, 3.05) is 7.05 Å². The first-order chi connectivity index (χ1) is 10.5. The molecule has 4 fully saturated rings. The van der Waals surface area contributed by atoms with Gasteiger partial charge in [-0.1, -0.05) is 13.8 Å². The van der Waals surface area contributed by atoms with Gasteiger partial charge in [-0.15, -0.1) is 0 Å². The Morgan fingerprint density at radius 3 is 2.50 bits per heavy atom. The highest BCUT2D eigenvalue weighted by molar-refractivity contribution is 5.85. The zero-order valence-electron chi connectivity index (χ0n) is 14.6. The van der Waals surface area contributed by atoms with Crippen LogP contribution in [0.2, 0.25) is 0 Å². The Hall–Kier alpha value is -0.370. The lowest BCUT2D eigenvalue weighted by Crippen LogP contribution is -2.54. The van der Waals surface area contributed by atoms with Crippen molar-refractivity contribution < 1.29 is 5.11 Å². The van der Waals surface area contributed by atoms with Crippen molar-refractivity contribution in [3.8, 4) is 0 Å². The topological polar surface area (TPSA) is 32.6 Å². The third-order valence-electron chi connectivity index (χ3n) is 8.77. The summed E-state index contributed by atoms with van der Waals surface area (Å²) in [5.74, 6) is 3.46. The van der Waals surface area contributed by atoms with Crippen LogP contribution >= 0.6 is 0 Å². The highest BCUT2D eigenvalue weighted by atomic mass is 16.3. The van der Waals surface area contributed by atoms with Crippen molar-refractivity contribution in [1.29, 1.82) is 0 Å². The van der Waals surface area contributed by atoms with Gasteiger partial charge >= 0.3 is 0 Å². The Labute approximate surface area is 135 Å².